The van der Waals surface area contributed by atoms with E-state index in [1.54, 1.807) is 10.0 Å². The smallest absolute Gasteiger partial charge is 0.242 e. The number of carbonyl (C=O) groups excluding carboxylic acids is 2. The van der Waals surface area contributed by atoms with E-state index in [1.165, 1.54) is 0 Å². The number of benzene rings is 1. The van der Waals surface area contributed by atoms with Gasteiger partial charge in [0.2, 0.25) is 12.7 Å². The van der Waals surface area contributed by atoms with Crippen molar-refractivity contribution in [3.8, 4) is 11.5 Å². The van der Waals surface area contributed by atoms with Crippen LogP contribution < -0.4 is 9.47 Å². The number of allylic oxidation sites excluding steroid dienone is 2. The van der Waals surface area contributed by atoms with Crippen molar-refractivity contribution in [2.24, 2.45) is 0 Å². The fourth-order valence-electron chi connectivity index (χ4n) is 3.85. The summed E-state index contributed by atoms with van der Waals surface area (Å²) in [6.45, 7) is 0.212. The second kappa shape index (κ2) is 5.63. The molecule has 0 saturated heterocycles. The Morgan fingerprint density at radius 1 is 1.12 bits per heavy atom. The van der Waals surface area contributed by atoms with Crippen LogP contribution >= 0.6 is 0 Å². The lowest BCUT2D eigenvalue weighted by atomic mass is 9.77. The Morgan fingerprint density at radius 3 is 2.71 bits per heavy atom. The summed E-state index contributed by atoms with van der Waals surface area (Å²) in [4.78, 5) is 25.3. The Balaban J connectivity index is 1.81. The summed E-state index contributed by atoms with van der Waals surface area (Å²) in [5.74, 6) is 1.36. The van der Waals surface area contributed by atoms with Crippen LogP contribution in [0.4, 0.5) is 0 Å². The summed E-state index contributed by atoms with van der Waals surface area (Å²) < 4.78 is 10.8. The molecule has 1 atom stereocenters. The molecule has 0 saturated carbocycles. The fraction of sp³-hybridized carbons (Fsp3) is 0.444. The highest BCUT2D eigenvalue weighted by Crippen LogP contribution is 2.44. The lowest BCUT2D eigenvalue weighted by Crippen LogP contribution is -2.47. The molecule has 0 aromatic heterocycles. The predicted octanol–water partition coefficient (Wildman–Crippen LogP) is 2.21. The molecule has 2 aliphatic heterocycles. The van der Waals surface area contributed by atoms with Crippen LogP contribution in [0.25, 0.3) is 0 Å². The summed E-state index contributed by atoms with van der Waals surface area (Å²) in [5, 5.41) is 3.43. The van der Waals surface area contributed by atoms with E-state index in [0.29, 0.717) is 24.3 Å². The number of carbonyl (C=O) groups is 2. The molecule has 0 spiro atoms. The molecule has 2 heterocycles. The Kier molecular flexibility index (Phi) is 3.57. The molecule has 1 aromatic rings. The van der Waals surface area contributed by atoms with Crippen molar-refractivity contribution >= 4 is 11.7 Å². The quantitative estimate of drug-likeness (QED) is 0.833. The second-order valence-corrected chi connectivity index (χ2v) is 6.56. The number of fused-ring (bicyclic) bond motifs is 1. The largest absolute Gasteiger partial charge is 0.454 e. The molecule has 0 N–H and O–H groups in total. The van der Waals surface area contributed by atoms with Gasteiger partial charge in [-0.25, -0.2) is 10.0 Å². The minimum atomic E-state index is -0.203. The minimum Gasteiger partial charge on any atom is -0.454 e. The zero-order valence-electron chi connectivity index (χ0n) is 13.9. The Bertz CT molecular complexity index is 753. The van der Waals surface area contributed by atoms with Crippen LogP contribution in [0, 0.1) is 0 Å². The first kappa shape index (κ1) is 15.2. The Labute approximate surface area is 140 Å². The summed E-state index contributed by atoms with van der Waals surface area (Å²) in [7, 11) is 3.67. The van der Waals surface area contributed by atoms with Gasteiger partial charge < -0.3 is 9.47 Å². The average molecular weight is 328 g/mol. The van der Waals surface area contributed by atoms with Gasteiger partial charge in [0.25, 0.3) is 0 Å². The number of ketones is 1. The summed E-state index contributed by atoms with van der Waals surface area (Å²) in [5.41, 5.74) is 2.58. The number of nitrogens with zero attached hydrogens (tertiary/aromatic N) is 2. The van der Waals surface area contributed by atoms with Gasteiger partial charge in [-0.15, -0.1) is 0 Å². The maximum atomic E-state index is 12.7. The van der Waals surface area contributed by atoms with E-state index in [4.69, 9.17) is 9.47 Å². The molecule has 4 rings (SSSR count). The van der Waals surface area contributed by atoms with Crippen molar-refractivity contribution < 1.29 is 19.1 Å². The zero-order valence-corrected chi connectivity index (χ0v) is 13.9. The van der Waals surface area contributed by atoms with Crippen molar-refractivity contribution in [3.05, 3.63) is 35.0 Å². The molecule has 1 aliphatic carbocycles. The highest BCUT2D eigenvalue weighted by molar-refractivity contribution is 6.01. The predicted molar refractivity (Wildman–Crippen MR) is 86.3 cm³/mol. The van der Waals surface area contributed by atoms with Crippen LogP contribution in [0.2, 0.25) is 0 Å². The van der Waals surface area contributed by atoms with Crippen molar-refractivity contribution in [1.29, 1.82) is 0 Å². The van der Waals surface area contributed by atoms with Gasteiger partial charge in [-0.1, -0.05) is 6.07 Å². The van der Waals surface area contributed by atoms with Gasteiger partial charge in [-0.05, 0) is 30.5 Å². The number of hydrogen-bond donors (Lipinski definition) is 0. The third kappa shape index (κ3) is 2.29. The lowest BCUT2D eigenvalue weighted by molar-refractivity contribution is -0.143. The van der Waals surface area contributed by atoms with Crippen LogP contribution in [0.15, 0.2) is 29.5 Å². The number of rotatable bonds is 2. The SMILES string of the molecule is CN(C)N1C(=O)C[C@H](c2ccc3c(c2)OCO3)C2=C1CCCC2=O. The van der Waals surface area contributed by atoms with Gasteiger partial charge in [0.05, 0.1) is 0 Å². The Hall–Kier alpha value is -2.34. The van der Waals surface area contributed by atoms with E-state index in [9.17, 15) is 9.59 Å². The minimum absolute atomic E-state index is 0.0242. The number of amides is 1. The summed E-state index contributed by atoms with van der Waals surface area (Å²) >= 11 is 0. The maximum absolute atomic E-state index is 12.7. The van der Waals surface area contributed by atoms with Crippen LogP contribution in [0.3, 0.4) is 0 Å². The van der Waals surface area contributed by atoms with E-state index in [0.717, 1.165) is 29.7 Å². The second-order valence-electron chi connectivity index (χ2n) is 6.56. The van der Waals surface area contributed by atoms with Gasteiger partial charge >= 0.3 is 0 Å². The first-order chi connectivity index (χ1) is 11.6. The van der Waals surface area contributed by atoms with Gasteiger partial charge in [-0.3, -0.25) is 9.59 Å². The molecule has 1 amide bonds. The summed E-state index contributed by atoms with van der Waals surface area (Å²) in [6, 6.07) is 5.69. The third-order valence-corrected chi connectivity index (χ3v) is 4.85. The van der Waals surface area contributed by atoms with E-state index >= 15 is 0 Å². The first-order valence-electron chi connectivity index (χ1n) is 8.22. The van der Waals surface area contributed by atoms with Crippen molar-refractivity contribution in [1.82, 2.24) is 10.0 Å². The number of ether oxygens (including phenoxy) is 2. The molecule has 6 nitrogen and oxygen atoms in total. The number of hydrogen-bond acceptors (Lipinski definition) is 5. The highest BCUT2D eigenvalue weighted by atomic mass is 16.7. The van der Waals surface area contributed by atoms with E-state index < -0.39 is 0 Å². The third-order valence-electron chi connectivity index (χ3n) is 4.85. The highest BCUT2D eigenvalue weighted by Gasteiger charge is 2.40. The van der Waals surface area contributed by atoms with E-state index in [-0.39, 0.29) is 24.4 Å². The monoisotopic (exact) mass is 328 g/mol. The molecule has 24 heavy (non-hydrogen) atoms. The lowest BCUT2D eigenvalue weighted by Gasteiger charge is -2.41. The van der Waals surface area contributed by atoms with Crippen molar-refractivity contribution in [2.45, 2.75) is 31.6 Å². The first-order valence-corrected chi connectivity index (χ1v) is 8.22. The molecule has 0 radical (unpaired) electrons. The Morgan fingerprint density at radius 2 is 1.92 bits per heavy atom. The number of Topliss-reactive ketones (excluding diaryl/α,β-unsaturated/α-hetero) is 1. The van der Waals surface area contributed by atoms with E-state index in [2.05, 4.69) is 0 Å². The average Bonchev–Trinajstić information content (AvgIpc) is 3.01. The van der Waals surface area contributed by atoms with Crippen LogP contribution in [0.5, 0.6) is 11.5 Å². The molecule has 1 aromatic carbocycles. The van der Waals surface area contributed by atoms with Crippen LogP contribution in [-0.4, -0.2) is 42.6 Å². The molecule has 126 valence electrons. The molecule has 0 bridgehead atoms. The normalized spacial score (nSPS) is 23.1. The van der Waals surface area contributed by atoms with Crippen molar-refractivity contribution in [3.63, 3.8) is 0 Å². The molecule has 6 heteroatoms. The van der Waals surface area contributed by atoms with Crippen molar-refractivity contribution in [2.75, 3.05) is 20.9 Å². The van der Waals surface area contributed by atoms with Crippen LogP contribution in [-0.2, 0) is 9.59 Å². The van der Waals surface area contributed by atoms with Gasteiger partial charge in [0.1, 0.15) is 0 Å². The molecule has 0 fully saturated rings. The molecular weight excluding hydrogens is 308 g/mol. The van der Waals surface area contributed by atoms with Gasteiger partial charge in [0.15, 0.2) is 17.3 Å². The molecule has 0 unspecified atom stereocenters. The molecule has 3 aliphatic rings. The van der Waals surface area contributed by atoms with Gasteiger partial charge in [0, 0.05) is 44.1 Å². The maximum Gasteiger partial charge on any atom is 0.242 e. The number of hydrazine groups is 1. The molecular formula is C18H20N2O4. The van der Waals surface area contributed by atoms with Crippen LogP contribution in [0.1, 0.15) is 37.2 Å². The fourth-order valence-corrected chi connectivity index (χ4v) is 3.85. The topological polar surface area (TPSA) is 59.1 Å². The van der Waals surface area contributed by atoms with E-state index in [1.807, 2.05) is 32.3 Å². The summed E-state index contributed by atoms with van der Waals surface area (Å²) in [6.07, 6.45) is 2.40. The van der Waals surface area contributed by atoms with Gasteiger partial charge in [-0.2, -0.15) is 0 Å². The zero-order chi connectivity index (χ0) is 16.8. The standard InChI is InChI=1S/C18H20N2O4/c1-19(2)20-13-4-3-5-14(21)18(13)12(9-17(20)22)11-6-7-15-16(8-11)24-10-23-15/h6-8,12H,3-5,9-10H2,1-2H3/t12-/m1/s1.